The number of fused-ring (bicyclic) bond motifs is 2. The Morgan fingerprint density at radius 1 is 1.00 bits per heavy atom. The first-order valence-corrected chi connectivity index (χ1v) is 9.02. The standard InChI is InChI=1S/C16H16N8S/c1-11-8-25-13-12(11)18-9-19-14(13)22-4-6-23(7-5-22)15-16-21-20-10-24(16)3-2-17-15/h2-3,8-10H,4-7H2,1H3. The van der Waals surface area contributed by atoms with Crippen LogP contribution in [0.15, 0.2) is 30.4 Å². The Labute approximate surface area is 147 Å². The zero-order chi connectivity index (χ0) is 16.8. The largest absolute Gasteiger partial charge is 0.352 e. The van der Waals surface area contributed by atoms with Crippen molar-refractivity contribution < 1.29 is 0 Å². The second-order valence-electron chi connectivity index (χ2n) is 6.08. The smallest absolute Gasteiger partial charge is 0.203 e. The lowest BCUT2D eigenvalue weighted by Gasteiger charge is -2.36. The van der Waals surface area contributed by atoms with Crippen molar-refractivity contribution in [2.45, 2.75) is 6.92 Å². The van der Waals surface area contributed by atoms with E-state index in [2.05, 4.69) is 47.3 Å². The van der Waals surface area contributed by atoms with E-state index < -0.39 is 0 Å². The predicted octanol–water partition coefficient (Wildman–Crippen LogP) is 1.76. The van der Waals surface area contributed by atoms with Crippen LogP contribution in [0.25, 0.3) is 15.9 Å². The summed E-state index contributed by atoms with van der Waals surface area (Å²) in [5.74, 6) is 1.93. The molecule has 8 nitrogen and oxygen atoms in total. The zero-order valence-corrected chi connectivity index (χ0v) is 14.5. The Morgan fingerprint density at radius 2 is 1.80 bits per heavy atom. The highest BCUT2D eigenvalue weighted by Crippen LogP contribution is 2.31. The Balaban J connectivity index is 1.42. The molecule has 0 unspecified atom stereocenters. The summed E-state index contributed by atoms with van der Waals surface area (Å²) in [4.78, 5) is 18.1. The van der Waals surface area contributed by atoms with Crippen LogP contribution in [0, 0.1) is 6.92 Å². The minimum atomic E-state index is 0.800. The van der Waals surface area contributed by atoms with Crippen LogP contribution in [0.5, 0.6) is 0 Å². The van der Waals surface area contributed by atoms with Gasteiger partial charge in [0.15, 0.2) is 5.82 Å². The van der Waals surface area contributed by atoms with Gasteiger partial charge in [-0.1, -0.05) is 0 Å². The molecule has 9 heteroatoms. The van der Waals surface area contributed by atoms with Crippen molar-refractivity contribution in [2.24, 2.45) is 0 Å². The summed E-state index contributed by atoms with van der Waals surface area (Å²) >= 11 is 1.72. The average Bonchev–Trinajstić information content (AvgIpc) is 3.28. The first-order valence-electron chi connectivity index (χ1n) is 8.14. The molecule has 0 amide bonds. The molecule has 0 aromatic carbocycles. The summed E-state index contributed by atoms with van der Waals surface area (Å²) in [5.41, 5.74) is 3.08. The van der Waals surface area contributed by atoms with E-state index in [-0.39, 0.29) is 0 Å². The minimum Gasteiger partial charge on any atom is -0.352 e. The first-order chi connectivity index (χ1) is 12.3. The number of aryl methyl sites for hydroxylation is 1. The maximum absolute atomic E-state index is 4.55. The molecule has 5 heterocycles. The highest BCUT2D eigenvalue weighted by atomic mass is 32.1. The van der Waals surface area contributed by atoms with Crippen molar-refractivity contribution in [1.82, 2.24) is 29.5 Å². The fourth-order valence-electron chi connectivity index (χ4n) is 3.28. The van der Waals surface area contributed by atoms with E-state index in [9.17, 15) is 0 Å². The van der Waals surface area contributed by atoms with Crippen LogP contribution in [-0.4, -0.2) is 55.7 Å². The highest BCUT2D eigenvalue weighted by Gasteiger charge is 2.23. The maximum atomic E-state index is 4.55. The fourth-order valence-corrected chi connectivity index (χ4v) is 4.30. The number of rotatable bonds is 2. The summed E-state index contributed by atoms with van der Waals surface area (Å²) in [6.07, 6.45) is 7.03. The molecule has 0 atom stereocenters. The molecule has 25 heavy (non-hydrogen) atoms. The lowest BCUT2D eigenvalue weighted by molar-refractivity contribution is 0.643. The van der Waals surface area contributed by atoms with Crippen LogP contribution in [0.4, 0.5) is 11.6 Å². The number of thiophene rings is 1. The van der Waals surface area contributed by atoms with Gasteiger partial charge in [0, 0.05) is 38.6 Å². The molecule has 0 N–H and O–H groups in total. The van der Waals surface area contributed by atoms with Crippen molar-refractivity contribution in [2.75, 3.05) is 36.0 Å². The van der Waals surface area contributed by atoms with E-state index in [0.29, 0.717) is 0 Å². The van der Waals surface area contributed by atoms with Crippen molar-refractivity contribution in [1.29, 1.82) is 0 Å². The number of hydrogen-bond donors (Lipinski definition) is 0. The van der Waals surface area contributed by atoms with Crippen LogP contribution in [0.1, 0.15) is 5.56 Å². The summed E-state index contributed by atoms with van der Waals surface area (Å²) in [7, 11) is 0. The van der Waals surface area contributed by atoms with Gasteiger partial charge in [0.05, 0.1) is 10.2 Å². The van der Waals surface area contributed by atoms with Gasteiger partial charge in [-0.2, -0.15) is 0 Å². The molecule has 0 saturated carbocycles. The van der Waals surface area contributed by atoms with E-state index in [4.69, 9.17) is 0 Å². The molecule has 5 rings (SSSR count). The highest BCUT2D eigenvalue weighted by molar-refractivity contribution is 7.18. The van der Waals surface area contributed by atoms with Crippen LogP contribution in [0.3, 0.4) is 0 Å². The minimum absolute atomic E-state index is 0.800. The number of hydrogen-bond acceptors (Lipinski definition) is 8. The molecule has 4 aromatic rings. The molecule has 0 radical (unpaired) electrons. The maximum Gasteiger partial charge on any atom is 0.203 e. The van der Waals surface area contributed by atoms with E-state index >= 15 is 0 Å². The van der Waals surface area contributed by atoms with E-state index in [0.717, 1.165) is 49.0 Å². The van der Waals surface area contributed by atoms with Crippen molar-refractivity contribution in [3.8, 4) is 0 Å². The topological polar surface area (TPSA) is 75.3 Å². The number of nitrogens with zero attached hydrogens (tertiary/aromatic N) is 8. The Bertz CT molecular complexity index is 1050. The van der Waals surface area contributed by atoms with Gasteiger partial charge >= 0.3 is 0 Å². The van der Waals surface area contributed by atoms with Crippen molar-refractivity contribution >= 4 is 38.8 Å². The van der Waals surface area contributed by atoms with Gasteiger partial charge in [-0.3, -0.25) is 4.40 Å². The third-order valence-corrected chi connectivity index (χ3v) is 5.67. The van der Waals surface area contributed by atoms with Crippen molar-refractivity contribution in [3.63, 3.8) is 0 Å². The summed E-state index contributed by atoms with van der Waals surface area (Å²) in [6, 6.07) is 0. The molecular formula is C16H16N8S. The summed E-state index contributed by atoms with van der Waals surface area (Å²) < 4.78 is 3.07. The molecule has 4 aromatic heterocycles. The molecular weight excluding hydrogens is 336 g/mol. The van der Waals surface area contributed by atoms with Gasteiger partial charge in [0.1, 0.15) is 18.5 Å². The van der Waals surface area contributed by atoms with Gasteiger partial charge in [0.25, 0.3) is 0 Å². The van der Waals surface area contributed by atoms with Gasteiger partial charge in [-0.15, -0.1) is 21.5 Å². The Kier molecular flexibility index (Phi) is 3.27. The normalized spacial score (nSPS) is 15.4. The molecule has 0 bridgehead atoms. The molecule has 0 spiro atoms. The van der Waals surface area contributed by atoms with Crippen LogP contribution < -0.4 is 9.80 Å². The quantitative estimate of drug-likeness (QED) is 0.544. The first kappa shape index (κ1) is 14.5. The number of piperazine rings is 1. The van der Waals surface area contributed by atoms with Crippen LogP contribution >= 0.6 is 11.3 Å². The number of anilines is 2. The second-order valence-corrected chi connectivity index (χ2v) is 6.96. The summed E-state index contributed by atoms with van der Waals surface area (Å²) in [6.45, 7) is 5.61. The fraction of sp³-hybridized carbons (Fsp3) is 0.312. The number of aromatic nitrogens is 6. The Morgan fingerprint density at radius 3 is 2.64 bits per heavy atom. The molecule has 1 aliphatic heterocycles. The van der Waals surface area contributed by atoms with Crippen LogP contribution in [0.2, 0.25) is 0 Å². The molecule has 1 aliphatic rings. The van der Waals surface area contributed by atoms with Crippen LogP contribution in [-0.2, 0) is 0 Å². The van der Waals surface area contributed by atoms with Gasteiger partial charge in [-0.25, -0.2) is 15.0 Å². The van der Waals surface area contributed by atoms with E-state index in [1.54, 1.807) is 30.2 Å². The Hall–Kier alpha value is -2.81. The lowest BCUT2D eigenvalue weighted by Crippen LogP contribution is -2.47. The average molecular weight is 352 g/mol. The molecule has 126 valence electrons. The lowest BCUT2D eigenvalue weighted by atomic mass is 10.2. The van der Waals surface area contributed by atoms with Crippen molar-refractivity contribution in [3.05, 3.63) is 36.0 Å². The van der Waals surface area contributed by atoms with E-state index in [1.807, 2.05) is 10.6 Å². The van der Waals surface area contributed by atoms with Gasteiger partial charge in [0.2, 0.25) is 5.65 Å². The van der Waals surface area contributed by atoms with E-state index in [1.165, 1.54) is 10.3 Å². The monoisotopic (exact) mass is 352 g/mol. The third-order valence-electron chi connectivity index (χ3n) is 4.59. The van der Waals surface area contributed by atoms with Gasteiger partial charge < -0.3 is 9.80 Å². The molecule has 1 saturated heterocycles. The zero-order valence-electron chi connectivity index (χ0n) is 13.7. The SMILES string of the molecule is Cc1csc2c(N3CCN(c4nccn5cnnc45)CC3)ncnc12. The second kappa shape index (κ2) is 5.62. The predicted molar refractivity (Wildman–Crippen MR) is 97.4 cm³/mol. The summed E-state index contributed by atoms with van der Waals surface area (Å²) in [5, 5.41) is 10.3. The molecule has 1 fully saturated rings. The van der Waals surface area contributed by atoms with Gasteiger partial charge in [-0.05, 0) is 17.9 Å². The third kappa shape index (κ3) is 2.30. The molecule has 0 aliphatic carbocycles.